The normalized spacial score (nSPS) is 11.2. The van der Waals surface area contributed by atoms with Crippen molar-refractivity contribution in [1.29, 1.82) is 0 Å². The highest BCUT2D eigenvalue weighted by Gasteiger charge is 2.08. The number of aromatic nitrogens is 1. The molecular weight excluding hydrogens is 422 g/mol. The van der Waals surface area contributed by atoms with Crippen molar-refractivity contribution >= 4 is 27.8 Å². The highest BCUT2D eigenvalue weighted by atomic mass is 16.3. The molecule has 0 bridgehead atoms. The summed E-state index contributed by atoms with van der Waals surface area (Å²) in [5, 5.41) is 2.32. The number of primary amides is 1. The van der Waals surface area contributed by atoms with Gasteiger partial charge in [-0.15, -0.1) is 0 Å². The fourth-order valence-corrected chi connectivity index (χ4v) is 4.40. The number of nitrogens with one attached hydrogen (secondary N) is 1. The number of aryl methyl sites for hydroxylation is 3. The summed E-state index contributed by atoms with van der Waals surface area (Å²) in [6.45, 7) is 12.5. The maximum Gasteiger partial charge on any atom is 0.284 e. The van der Waals surface area contributed by atoms with Gasteiger partial charge in [0.25, 0.3) is 5.91 Å². The molecule has 2 heterocycles. The number of nitrogens with zero attached hydrogens (tertiary/aromatic N) is 1. The SMILES string of the molecule is CCCN(CCC)CCCCc1c[nH]c2ccc(C)cc12.Cc1ccc2oc(C(N)=O)cc2c1. The third-order valence-electron chi connectivity index (χ3n) is 6.09. The molecule has 0 aliphatic heterocycles. The maximum absolute atomic E-state index is 10.8. The Hall–Kier alpha value is -3.05. The number of H-pyrrole nitrogens is 1. The Bertz CT molecular complexity index is 1200. The van der Waals surface area contributed by atoms with E-state index in [2.05, 4.69) is 55.1 Å². The molecule has 0 unspecified atom stereocenters. The van der Waals surface area contributed by atoms with Crippen LogP contribution < -0.4 is 5.73 Å². The summed E-state index contributed by atoms with van der Waals surface area (Å²) >= 11 is 0. The van der Waals surface area contributed by atoms with Crippen LogP contribution in [0.25, 0.3) is 21.9 Å². The van der Waals surface area contributed by atoms with Gasteiger partial charge in [-0.1, -0.05) is 37.1 Å². The summed E-state index contributed by atoms with van der Waals surface area (Å²) in [4.78, 5) is 16.8. The van der Waals surface area contributed by atoms with Crippen LogP contribution in [0.2, 0.25) is 0 Å². The van der Waals surface area contributed by atoms with E-state index in [0.29, 0.717) is 5.58 Å². The molecule has 5 heteroatoms. The zero-order valence-electron chi connectivity index (χ0n) is 21.1. The number of benzene rings is 2. The largest absolute Gasteiger partial charge is 0.451 e. The fourth-order valence-electron chi connectivity index (χ4n) is 4.40. The Morgan fingerprint density at radius 2 is 1.65 bits per heavy atom. The van der Waals surface area contributed by atoms with Crippen LogP contribution in [-0.2, 0) is 6.42 Å². The topological polar surface area (TPSA) is 75.3 Å². The van der Waals surface area contributed by atoms with Gasteiger partial charge in [-0.05, 0) is 101 Å². The number of unbranched alkanes of at least 4 members (excludes halogenated alkanes) is 1. The van der Waals surface area contributed by atoms with E-state index in [9.17, 15) is 4.79 Å². The van der Waals surface area contributed by atoms with Gasteiger partial charge in [0.2, 0.25) is 0 Å². The van der Waals surface area contributed by atoms with Crippen molar-refractivity contribution in [3.05, 3.63) is 71.1 Å². The predicted molar refractivity (Wildman–Crippen MR) is 142 cm³/mol. The summed E-state index contributed by atoms with van der Waals surface area (Å²) in [6, 6.07) is 14.0. The smallest absolute Gasteiger partial charge is 0.284 e. The molecule has 34 heavy (non-hydrogen) atoms. The summed E-state index contributed by atoms with van der Waals surface area (Å²) in [6.07, 6.45) is 8.50. The minimum absolute atomic E-state index is 0.209. The molecule has 4 rings (SSSR count). The minimum atomic E-state index is -0.533. The van der Waals surface area contributed by atoms with E-state index >= 15 is 0 Å². The standard InChI is InChI=1S/C19H30N2.C10H9NO2/c1-4-11-21(12-5-2)13-7-6-8-17-15-20-19-10-9-16(3)14-18(17)19;1-6-2-3-8-7(4-6)5-9(13-8)10(11)12/h9-10,14-15,20H,4-8,11-13H2,1-3H3;2-5H,1H3,(H2,11,12). The number of carbonyl (C=O) groups excluding carboxylic acids is 1. The number of fused-ring (bicyclic) bond motifs is 2. The van der Waals surface area contributed by atoms with Gasteiger partial charge in [0.1, 0.15) is 5.58 Å². The molecule has 3 N–H and O–H groups in total. The second-order valence-corrected chi connectivity index (χ2v) is 9.18. The van der Waals surface area contributed by atoms with Crippen molar-refractivity contribution in [3.8, 4) is 0 Å². The minimum Gasteiger partial charge on any atom is -0.451 e. The van der Waals surface area contributed by atoms with Crippen molar-refractivity contribution in [2.24, 2.45) is 5.73 Å². The number of aromatic amines is 1. The molecule has 0 saturated carbocycles. The van der Waals surface area contributed by atoms with E-state index in [4.69, 9.17) is 10.2 Å². The molecule has 4 aromatic rings. The fraction of sp³-hybridized carbons (Fsp3) is 0.414. The Morgan fingerprint density at radius 3 is 2.35 bits per heavy atom. The monoisotopic (exact) mass is 461 g/mol. The lowest BCUT2D eigenvalue weighted by atomic mass is 10.1. The van der Waals surface area contributed by atoms with Crippen LogP contribution in [0.15, 0.2) is 53.1 Å². The molecule has 182 valence electrons. The number of hydrogen-bond donors (Lipinski definition) is 2. The Labute approximate surface area is 203 Å². The van der Waals surface area contributed by atoms with Gasteiger partial charge in [0.15, 0.2) is 5.76 Å². The number of furan rings is 1. The first-order valence-corrected chi connectivity index (χ1v) is 12.5. The molecule has 5 nitrogen and oxygen atoms in total. The van der Waals surface area contributed by atoms with Crippen LogP contribution in [0.1, 0.15) is 66.8 Å². The van der Waals surface area contributed by atoms with Crippen molar-refractivity contribution in [2.45, 2.75) is 59.8 Å². The third-order valence-corrected chi connectivity index (χ3v) is 6.09. The lowest BCUT2D eigenvalue weighted by Crippen LogP contribution is -2.26. The van der Waals surface area contributed by atoms with Gasteiger partial charge in [0, 0.05) is 22.5 Å². The Balaban J connectivity index is 0.000000212. The Kier molecular flexibility index (Phi) is 9.34. The van der Waals surface area contributed by atoms with E-state index in [1.165, 1.54) is 73.8 Å². The van der Waals surface area contributed by atoms with Crippen LogP contribution in [0.5, 0.6) is 0 Å². The van der Waals surface area contributed by atoms with Gasteiger partial charge in [-0.3, -0.25) is 4.79 Å². The lowest BCUT2D eigenvalue weighted by molar-refractivity contribution is 0.0976. The number of hydrogen-bond acceptors (Lipinski definition) is 3. The maximum atomic E-state index is 10.8. The van der Waals surface area contributed by atoms with Crippen LogP contribution >= 0.6 is 0 Å². The zero-order chi connectivity index (χ0) is 24.5. The third kappa shape index (κ3) is 6.97. The quantitative estimate of drug-likeness (QED) is 0.256. The van der Waals surface area contributed by atoms with Crippen molar-refractivity contribution in [3.63, 3.8) is 0 Å². The van der Waals surface area contributed by atoms with Gasteiger partial charge in [0.05, 0.1) is 0 Å². The highest BCUT2D eigenvalue weighted by molar-refractivity contribution is 5.95. The molecule has 0 saturated heterocycles. The molecule has 2 aromatic heterocycles. The first kappa shape index (κ1) is 25.6. The highest BCUT2D eigenvalue weighted by Crippen LogP contribution is 2.22. The van der Waals surface area contributed by atoms with E-state index in [0.717, 1.165) is 10.9 Å². The average molecular weight is 462 g/mol. The number of carbonyl (C=O) groups is 1. The van der Waals surface area contributed by atoms with Gasteiger partial charge in [-0.2, -0.15) is 0 Å². The number of nitrogens with two attached hydrogens (primary N) is 1. The van der Waals surface area contributed by atoms with Crippen LogP contribution in [0.3, 0.4) is 0 Å². The molecule has 0 fully saturated rings. The average Bonchev–Trinajstić information content (AvgIpc) is 3.41. The summed E-state index contributed by atoms with van der Waals surface area (Å²) in [5.74, 6) is -0.325. The Morgan fingerprint density at radius 1 is 0.941 bits per heavy atom. The van der Waals surface area contributed by atoms with E-state index in [1.54, 1.807) is 6.07 Å². The zero-order valence-corrected chi connectivity index (χ0v) is 21.1. The van der Waals surface area contributed by atoms with Gasteiger partial charge >= 0.3 is 0 Å². The molecule has 0 aliphatic rings. The van der Waals surface area contributed by atoms with E-state index in [1.807, 2.05) is 25.1 Å². The molecule has 0 radical (unpaired) electrons. The summed E-state index contributed by atoms with van der Waals surface area (Å²) in [5.41, 5.74) is 11.0. The lowest BCUT2D eigenvalue weighted by Gasteiger charge is -2.20. The first-order valence-electron chi connectivity index (χ1n) is 12.5. The number of amides is 1. The van der Waals surface area contributed by atoms with Gasteiger partial charge in [-0.25, -0.2) is 0 Å². The van der Waals surface area contributed by atoms with Gasteiger partial charge < -0.3 is 20.0 Å². The molecule has 1 amide bonds. The van der Waals surface area contributed by atoms with Crippen molar-refractivity contribution in [2.75, 3.05) is 19.6 Å². The molecular formula is C29H39N3O2. The van der Waals surface area contributed by atoms with Crippen molar-refractivity contribution < 1.29 is 9.21 Å². The molecule has 2 aromatic carbocycles. The number of rotatable bonds is 10. The van der Waals surface area contributed by atoms with Crippen LogP contribution in [0, 0.1) is 13.8 Å². The van der Waals surface area contributed by atoms with Crippen LogP contribution in [-0.4, -0.2) is 35.4 Å². The summed E-state index contributed by atoms with van der Waals surface area (Å²) in [7, 11) is 0. The summed E-state index contributed by atoms with van der Waals surface area (Å²) < 4.78 is 5.21. The van der Waals surface area contributed by atoms with E-state index < -0.39 is 5.91 Å². The molecule has 0 spiro atoms. The van der Waals surface area contributed by atoms with Crippen LogP contribution in [0.4, 0.5) is 0 Å². The second kappa shape index (κ2) is 12.4. The van der Waals surface area contributed by atoms with Crippen molar-refractivity contribution in [1.82, 2.24) is 9.88 Å². The predicted octanol–water partition coefficient (Wildman–Crippen LogP) is 6.76. The molecule has 0 aliphatic carbocycles. The van der Waals surface area contributed by atoms with E-state index in [-0.39, 0.29) is 5.76 Å². The second-order valence-electron chi connectivity index (χ2n) is 9.18. The first-order chi connectivity index (χ1) is 16.4. The molecule has 0 atom stereocenters.